The van der Waals surface area contributed by atoms with Crippen molar-refractivity contribution in [2.45, 2.75) is 40.0 Å². The van der Waals surface area contributed by atoms with Gasteiger partial charge in [0.25, 0.3) is 0 Å². The van der Waals surface area contributed by atoms with Crippen molar-refractivity contribution in [3.63, 3.8) is 0 Å². The van der Waals surface area contributed by atoms with Crippen LogP contribution in [-0.4, -0.2) is 11.9 Å². The molecule has 0 radical (unpaired) electrons. The first-order valence-corrected chi connectivity index (χ1v) is 6.56. The van der Waals surface area contributed by atoms with E-state index in [1.54, 1.807) is 38.1 Å². The molecule has 0 heterocycles. The zero-order valence-electron chi connectivity index (χ0n) is 11.6. The lowest BCUT2D eigenvalue weighted by Gasteiger charge is -2.11. The average Bonchev–Trinajstić information content (AvgIpc) is 2.38. The zero-order chi connectivity index (χ0) is 14.3. The van der Waals surface area contributed by atoms with Gasteiger partial charge in [0, 0.05) is 6.42 Å². The summed E-state index contributed by atoms with van der Waals surface area (Å²) in [4.78, 5) is 23.1. The Kier molecular flexibility index (Phi) is 6.06. The summed E-state index contributed by atoms with van der Waals surface area (Å²) in [6, 6.07) is 6.69. The third-order valence-electron chi connectivity index (χ3n) is 2.49. The number of carbonyl (C=O) groups is 2. The van der Waals surface area contributed by atoms with Crippen LogP contribution in [-0.2, 0) is 9.59 Å². The lowest BCUT2D eigenvalue weighted by atomic mass is 10.2. The van der Waals surface area contributed by atoms with E-state index in [0.29, 0.717) is 6.42 Å². The lowest BCUT2D eigenvalue weighted by molar-refractivity contribution is -0.139. The number of hydrogen-bond donors (Lipinski definition) is 0. The lowest BCUT2D eigenvalue weighted by Crippen LogP contribution is -2.16. The van der Waals surface area contributed by atoms with Crippen LogP contribution in [0.25, 0.3) is 0 Å². The van der Waals surface area contributed by atoms with Gasteiger partial charge in [-0.3, -0.25) is 9.59 Å². The molecule has 0 aromatic heterocycles. The molecule has 0 bridgehead atoms. The van der Waals surface area contributed by atoms with Gasteiger partial charge in [-0.2, -0.15) is 0 Å². The number of ether oxygens (including phenoxy) is 2. The van der Waals surface area contributed by atoms with Gasteiger partial charge in [0.2, 0.25) is 0 Å². The summed E-state index contributed by atoms with van der Waals surface area (Å²) in [5.41, 5.74) is 0. The van der Waals surface area contributed by atoms with Crippen LogP contribution < -0.4 is 9.47 Å². The number of rotatable bonds is 6. The molecule has 0 aliphatic carbocycles. The van der Waals surface area contributed by atoms with E-state index in [0.717, 1.165) is 12.8 Å². The molecule has 4 heteroatoms. The van der Waals surface area contributed by atoms with Crippen molar-refractivity contribution in [1.29, 1.82) is 0 Å². The Morgan fingerprint density at radius 3 is 2.21 bits per heavy atom. The van der Waals surface area contributed by atoms with Crippen molar-refractivity contribution in [3.05, 3.63) is 24.3 Å². The molecule has 0 fully saturated rings. The molecular weight excluding hydrogens is 244 g/mol. The Labute approximate surface area is 113 Å². The third-order valence-corrected chi connectivity index (χ3v) is 2.49. The summed E-state index contributed by atoms with van der Waals surface area (Å²) in [6.45, 7) is 5.50. The van der Waals surface area contributed by atoms with Gasteiger partial charge in [0.1, 0.15) is 0 Å². The summed E-state index contributed by atoms with van der Waals surface area (Å²) in [5, 5.41) is 0. The molecule has 0 atom stereocenters. The first-order chi connectivity index (χ1) is 9.04. The molecule has 1 aromatic rings. The number of esters is 2. The maximum atomic E-state index is 11.6. The molecule has 0 saturated carbocycles. The smallest absolute Gasteiger partial charge is 0.313 e. The number of benzene rings is 1. The summed E-state index contributed by atoms with van der Waals surface area (Å²) in [5.74, 6) is -0.320. The molecule has 19 heavy (non-hydrogen) atoms. The van der Waals surface area contributed by atoms with Gasteiger partial charge in [0.05, 0.1) is 5.92 Å². The van der Waals surface area contributed by atoms with Gasteiger partial charge in [-0.1, -0.05) is 39.3 Å². The van der Waals surface area contributed by atoms with Crippen molar-refractivity contribution in [2.75, 3.05) is 0 Å². The largest absolute Gasteiger partial charge is 0.423 e. The Balaban J connectivity index is 2.73. The molecule has 1 aromatic carbocycles. The Morgan fingerprint density at radius 2 is 1.68 bits per heavy atom. The summed E-state index contributed by atoms with van der Waals surface area (Å²) >= 11 is 0. The molecule has 0 N–H and O–H groups in total. The van der Waals surface area contributed by atoms with Gasteiger partial charge in [0.15, 0.2) is 11.5 Å². The standard InChI is InChI=1S/C15H20O4/c1-4-5-10-14(16)18-12-8-6-7-9-13(12)19-15(17)11(2)3/h6-9,11H,4-5,10H2,1-3H3. The van der Waals surface area contributed by atoms with E-state index >= 15 is 0 Å². The minimum absolute atomic E-state index is 0.233. The fourth-order valence-electron chi connectivity index (χ4n) is 1.34. The van der Waals surface area contributed by atoms with Gasteiger partial charge < -0.3 is 9.47 Å². The summed E-state index contributed by atoms with van der Waals surface area (Å²) < 4.78 is 10.4. The summed E-state index contributed by atoms with van der Waals surface area (Å²) in [7, 11) is 0. The second kappa shape index (κ2) is 7.56. The van der Waals surface area contributed by atoms with E-state index in [2.05, 4.69) is 0 Å². The predicted octanol–water partition coefficient (Wildman–Crippen LogP) is 3.34. The predicted molar refractivity (Wildman–Crippen MR) is 72.1 cm³/mol. The monoisotopic (exact) mass is 264 g/mol. The maximum Gasteiger partial charge on any atom is 0.313 e. The van der Waals surface area contributed by atoms with E-state index in [1.807, 2.05) is 6.92 Å². The van der Waals surface area contributed by atoms with Gasteiger partial charge in [-0.15, -0.1) is 0 Å². The van der Waals surface area contributed by atoms with Crippen molar-refractivity contribution < 1.29 is 19.1 Å². The Morgan fingerprint density at radius 1 is 1.11 bits per heavy atom. The second-order valence-electron chi connectivity index (χ2n) is 4.60. The first-order valence-electron chi connectivity index (χ1n) is 6.56. The highest BCUT2D eigenvalue weighted by Crippen LogP contribution is 2.27. The van der Waals surface area contributed by atoms with Crippen LogP contribution in [0.4, 0.5) is 0 Å². The molecule has 0 amide bonds. The highest BCUT2D eigenvalue weighted by atomic mass is 16.6. The number of carbonyl (C=O) groups excluding carboxylic acids is 2. The molecular formula is C15H20O4. The SMILES string of the molecule is CCCCC(=O)Oc1ccccc1OC(=O)C(C)C. The third kappa shape index (κ3) is 5.12. The van der Waals surface area contributed by atoms with Crippen molar-refractivity contribution in [3.8, 4) is 11.5 Å². The van der Waals surface area contributed by atoms with Crippen LogP contribution in [0, 0.1) is 5.92 Å². The Bertz CT molecular complexity index is 438. The second-order valence-corrected chi connectivity index (χ2v) is 4.60. The molecule has 0 unspecified atom stereocenters. The fourth-order valence-corrected chi connectivity index (χ4v) is 1.34. The van der Waals surface area contributed by atoms with Crippen molar-refractivity contribution in [1.82, 2.24) is 0 Å². The summed E-state index contributed by atoms with van der Waals surface area (Å²) in [6.07, 6.45) is 2.08. The number of hydrogen-bond acceptors (Lipinski definition) is 4. The van der Waals surface area contributed by atoms with E-state index in [1.165, 1.54) is 0 Å². The van der Waals surface area contributed by atoms with Crippen LogP contribution in [0.15, 0.2) is 24.3 Å². The fraction of sp³-hybridized carbons (Fsp3) is 0.467. The maximum absolute atomic E-state index is 11.6. The van der Waals surface area contributed by atoms with Crippen LogP contribution in [0.5, 0.6) is 11.5 Å². The van der Waals surface area contributed by atoms with Crippen molar-refractivity contribution >= 4 is 11.9 Å². The van der Waals surface area contributed by atoms with E-state index in [9.17, 15) is 9.59 Å². The molecule has 0 aliphatic rings. The quantitative estimate of drug-likeness (QED) is 0.584. The van der Waals surface area contributed by atoms with E-state index in [4.69, 9.17) is 9.47 Å². The molecule has 0 spiro atoms. The van der Waals surface area contributed by atoms with E-state index in [-0.39, 0.29) is 29.4 Å². The Hall–Kier alpha value is -1.84. The zero-order valence-corrected chi connectivity index (χ0v) is 11.6. The first kappa shape index (κ1) is 15.2. The van der Waals surface area contributed by atoms with Gasteiger partial charge >= 0.3 is 11.9 Å². The topological polar surface area (TPSA) is 52.6 Å². The van der Waals surface area contributed by atoms with Crippen LogP contribution in [0.3, 0.4) is 0 Å². The van der Waals surface area contributed by atoms with Crippen molar-refractivity contribution in [2.24, 2.45) is 5.92 Å². The molecule has 4 nitrogen and oxygen atoms in total. The van der Waals surface area contributed by atoms with E-state index < -0.39 is 0 Å². The van der Waals surface area contributed by atoms with Gasteiger partial charge in [-0.25, -0.2) is 0 Å². The normalized spacial score (nSPS) is 10.3. The minimum Gasteiger partial charge on any atom is -0.423 e. The average molecular weight is 264 g/mol. The molecule has 0 saturated heterocycles. The molecule has 0 aliphatic heterocycles. The van der Waals surface area contributed by atoms with Crippen LogP contribution >= 0.6 is 0 Å². The minimum atomic E-state index is -0.350. The molecule has 1 rings (SSSR count). The highest BCUT2D eigenvalue weighted by Gasteiger charge is 2.15. The number of unbranched alkanes of at least 4 members (excludes halogenated alkanes) is 1. The van der Waals surface area contributed by atoms with Crippen LogP contribution in [0.1, 0.15) is 40.0 Å². The van der Waals surface area contributed by atoms with Crippen LogP contribution in [0.2, 0.25) is 0 Å². The van der Waals surface area contributed by atoms with Gasteiger partial charge in [-0.05, 0) is 18.6 Å². The number of para-hydroxylation sites is 2. The molecule has 104 valence electrons. The highest BCUT2D eigenvalue weighted by molar-refractivity contribution is 5.77.